The number of nitrogens with zero attached hydrogens (tertiary/aromatic N) is 2. The van der Waals surface area contributed by atoms with E-state index in [-0.39, 0.29) is 0 Å². The molecule has 1 aromatic heterocycles. The summed E-state index contributed by atoms with van der Waals surface area (Å²) in [7, 11) is 0. The summed E-state index contributed by atoms with van der Waals surface area (Å²) in [5, 5.41) is 11.9. The molecule has 0 aliphatic rings. The van der Waals surface area contributed by atoms with Crippen LogP contribution in [-0.4, -0.2) is 11.5 Å². The highest BCUT2D eigenvalue weighted by atomic mass is 15.0. The summed E-state index contributed by atoms with van der Waals surface area (Å²) in [6.45, 7) is 5.33. The standard InChI is InChI=1S/C13H20N4/c1-10(2)5-3-4-6-16-13-12(15)7-11(8-14)9-17-13/h7,9-10H,3-6,15H2,1-2H3,(H,16,17). The zero-order valence-corrected chi connectivity index (χ0v) is 10.5. The fourth-order valence-electron chi connectivity index (χ4n) is 1.58. The molecule has 0 unspecified atom stereocenters. The average Bonchev–Trinajstić information content (AvgIpc) is 2.30. The van der Waals surface area contributed by atoms with Crippen molar-refractivity contribution in [2.45, 2.75) is 33.1 Å². The number of nitriles is 1. The minimum Gasteiger partial charge on any atom is -0.396 e. The van der Waals surface area contributed by atoms with Gasteiger partial charge >= 0.3 is 0 Å². The van der Waals surface area contributed by atoms with Crippen molar-refractivity contribution >= 4 is 11.5 Å². The summed E-state index contributed by atoms with van der Waals surface area (Å²) in [5.41, 5.74) is 6.81. The fraction of sp³-hybridized carbons (Fsp3) is 0.538. The number of nitrogens with one attached hydrogen (secondary N) is 1. The molecule has 0 radical (unpaired) electrons. The predicted molar refractivity (Wildman–Crippen MR) is 70.5 cm³/mol. The minimum absolute atomic E-state index is 0.493. The summed E-state index contributed by atoms with van der Waals surface area (Å²) >= 11 is 0. The zero-order valence-electron chi connectivity index (χ0n) is 10.5. The lowest BCUT2D eigenvalue weighted by molar-refractivity contribution is 0.544. The van der Waals surface area contributed by atoms with Crippen LogP contribution in [0.5, 0.6) is 0 Å². The van der Waals surface area contributed by atoms with Gasteiger partial charge in [-0.3, -0.25) is 0 Å². The van der Waals surface area contributed by atoms with E-state index in [9.17, 15) is 0 Å². The van der Waals surface area contributed by atoms with Crippen molar-refractivity contribution in [2.75, 3.05) is 17.6 Å². The molecule has 0 atom stereocenters. The van der Waals surface area contributed by atoms with Gasteiger partial charge in [-0.25, -0.2) is 4.98 Å². The zero-order chi connectivity index (χ0) is 12.7. The Hall–Kier alpha value is -1.76. The normalized spacial score (nSPS) is 10.2. The smallest absolute Gasteiger partial charge is 0.149 e. The Bertz CT molecular complexity index is 393. The van der Waals surface area contributed by atoms with Crippen LogP contribution in [0, 0.1) is 17.2 Å². The molecule has 3 N–H and O–H groups in total. The van der Waals surface area contributed by atoms with E-state index in [0.29, 0.717) is 17.1 Å². The van der Waals surface area contributed by atoms with Crippen LogP contribution < -0.4 is 11.1 Å². The van der Waals surface area contributed by atoms with E-state index in [0.717, 1.165) is 18.9 Å². The van der Waals surface area contributed by atoms with Gasteiger partial charge in [0.1, 0.15) is 11.9 Å². The van der Waals surface area contributed by atoms with Crippen LogP contribution in [0.2, 0.25) is 0 Å². The number of anilines is 2. The summed E-state index contributed by atoms with van der Waals surface area (Å²) in [4.78, 5) is 4.12. The van der Waals surface area contributed by atoms with Crippen LogP contribution in [0.4, 0.5) is 11.5 Å². The molecule has 0 bridgehead atoms. The molecular weight excluding hydrogens is 212 g/mol. The second-order valence-electron chi connectivity index (χ2n) is 4.59. The third-order valence-electron chi connectivity index (χ3n) is 2.55. The van der Waals surface area contributed by atoms with E-state index < -0.39 is 0 Å². The van der Waals surface area contributed by atoms with Gasteiger partial charge in [-0.1, -0.05) is 26.7 Å². The largest absolute Gasteiger partial charge is 0.396 e. The number of aromatic nitrogens is 1. The Labute approximate surface area is 103 Å². The number of hydrogen-bond donors (Lipinski definition) is 2. The van der Waals surface area contributed by atoms with Crippen LogP contribution in [0.3, 0.4) is 0 Å². The molecule has 4 heteroatoms. The third-order valence-corrected chi connectivity index (χ3v) is 2.55. The topological polar surface area (TPSA) is 74.7 Å². The monoisotopic (exact) mass is 232 g/mol. The summed E-state index contributed by atoms with van der Waals surface area (Å²) in [5.74, 6) is 1.43. The quantitative estimate of drug-likeness (QED) is 0.739. The first-order chi connectivity index (χ1) is 8.13. The van der Waals surface area contributed by atoms with Crippen LogP contribution in [0.1, 0.15) is 38.7 Å². The third kappa shape index (κ3) is 4.73. The Morgan fingerprint density at radius 3 is 2.82 bits per heavy atom. The number of hydrogen-bond acceptors (Lipinski definition) is 4. The lowest BCUT2D eigenvalue weighted by atomic mass is 10.1. The molecule has 0 fully saturated rings. The van der Waals surface area contributed by atoms with Crippen molar-refractivity contribution in [3.63, 3.8) is 0 Å². The predicted octanol–water partition coefficient (Wildman–Crippen LogP) is 2.77. The van der Waals surface area contributed by atoms with Crippen LogP contribution >= 0.6 is 0 Å². The first-order valence-electron chi connectivity index (χ1n) is 6.03. The van der Waals surface area contributed by atoms with Gasteiger partial charge in [-0.2, -0.15) is 5.26 Å². The van der Waals surface area contributed by atoms with Crippen molar-refractivity contribution < 1.29 is 0 Å². The Morgan fingerprint density at radius 2 is 2.24 bits per heavy atom. The highest BCUT2D eigenvalue weighted by Crippen LogP contribution is 2.16. The van der Waals surface area contributed by atoms with Gasteiger partial charge in [0.05, 0.1) is 11.3 Å². The van der Waals surface area contributed by atoms with E-state index in [1.165, 1.54) is 19.0 Å². The van der Waals surface area contributed by atoms with Crippen LogP contribution in [0.25, 0.3) is 0 Å². The molecule has 1 aromatic rings. The van der Waals surface area contributed by atoms with Crippen molar-refractivity contribution in [3.05, 3.63) is 17.8 Å². The van der Waals surface area contributed by atoms with Crippen molar-refractivity contribution in [1.29, 1.82) is 5.26 Å². The highest BCUT2D eigenvalue weighted by molar-refractivity contribution is 5.62. The first kappa shape index (κ1) is 13.3. The van der Waals surface area contributed by atoms with Gasteiger partial charge in [0, 0.05) is 12.7 Å². The van der Waals surface area contributed by atoms with Gasteiger partial charge in [-0.15, -0.1) is 0 Å². The van der Waals surface area contributed by atoms with E-state index >= 15 is 0 Å². The van der Waals surface area contributed by atoms with E-state index in [1.807, 2.05) is 6.07 Å². The molecule has 0 saturated heterocycles. The molecule has 1 rings (SSSR count). The first-order valence-corrected chi connectivity index (χ1v) is 6.03. The van der Waals surface area contributed by atoms with Crippen molar-refractivity contribution in [3.8, 4) is 6.07 Å². The summed E-state index contributed by atoms with van der Waals surface area (Å²) in [6, 6.07) is 3.66. The molecule has 0 saturated carbocycles. The molecule has 4 nitrogen and oxygen atoms in total. The maximum Gasteiger partial charge on any atom is 0.149 e. The van der Waals surface area contributed by atoms with Crippen LogP contribution in [-0.2, 0) is 0 Å². The van der Waals surface area contributed by atoms with Crippen molar-refractivity contribution in [2.24, 2.45) is 5.92 Å². The Balaban J connectivity index is 2.35. The fourth-order valence-corrected chi connectivity index (χ4v) is 1.58. The maximum atomic E-state index is 8.68. The van der Waals surface area contributed by atoms with E-state index in [4.69, 9.17) is 11.0 Å². The number of pyridine rings is 1. The lowest BCUT2D eigenvalue weighted by Gasteiger charge is -2.08. The van der Waals surface area contributed by atoms with E-state index in [1.54, 1.807) is 6.07 Å². The summed E-state index contributed by atoms with van der Waals surface area (Å²) in [6.07, 6.45) is 5.10. The SMILES string of the molecule is CC(C)CCCCNc1ncc(C#N)cc1N. The molecule has 17 heavy (non-hydrogen) atoms. The average molecular weight is 232 g/mol. The molecular formula is C13H20N4. The number of nitrogens with two attached hydrogens (primary N) is 1. The molecule has 0 amide bonds. The van der Waals surface area contributed by atoms with Gasteiger partial charge in [-0.05, 0) is 18.4 Å². The molecule has 0 aliphatic heterocycles. The highest BCUT2D eigenvalue weighted by Gasteiger charge is 2.01. The molecule has 1 heterocycles. The Morgan fingerprint density at radius 1 is 1.47 bits per heavy atom. The second-order valence-corrected chi connectivity index (χ2v) is 4.59. The maximum absolute atomic E-state index is 8.68. The van der Waals surface area contributed by atoms with Gasteiger partial charge in [0.25, 0.3) is 0 Å². The van der Waals surface area contributed by atoms with Crippen LogP contribution in [0.15, 0.2) is 12.3 Å². The molecule has 92 valence electrons. The molecule has 0 aromatic carbocycles. The van der Waals surface area contributed by atoms with E-state index in [2.05, 4.69) is 24.1 Å². The van der Waals surface area contributed by atoms with Gasteiger partial charge < -0.3 is 11.1 Å². The molecule has 0 spiro atoms. The minimum atomic E-state index is 0.493. The number of rotatable bonds is 6. The van der Waals surface area contributed by atoms with Gasteiger partial charge in [0.2, 0.25) is 0 Å². The number of nitrogen functional groups attached to an aromatic ring is 1. The molecule has 0 aliphatic carbocycles. The lowest BCUT2D eigenvalue weighted by Crippen LogP contribution is -2.06. The second kappa shape index (κ2) is 6.74. The Kier molecular flexibility index (Phi) is 5.28. The summed E-state index contributed by atoms with van der Waals surface area (Å²) < 4.78 is 0. The van der Waals surface area contributed by atoms with Gasteiger partial charge in [0.15, 0.2) is 0 Å². The van der Waals surface area contributed by atoms with Crippen molar-refractivity contribution in [1.82, 2.24) is 4.98 Å². The number of unbranched alkanes of at least 4 members (excludes halogenated alkanes) is 1.